The highest BCUT2D eigenvalue weighted by Crippen LogP contribution is 1.89. The van der Waals surface area contributed by atoms with Crippen LogP contribution in [0.4, 0.5) is 0 Å². The van der Waals surface area contributed by atoms with Crippen LogP contribution in [-0.4, -0.2) is 50.7 Å². The topological polar surface area (TPSA) is 66.4 Å². The number of hydrogen-bond donors (Lipinski definition) is 0. The minimum absolute atomic E-state index is 0.111. The van der Waals surface area contributed by atoms with Crippen LogP contribution in [-0.2, 0) is 14.3 Å². The van der Waals surface area contributed by atoms with Gasteiger partial charge in [0.05, 0.1) is 21.1 Å². The third-order valence-corrected chi connectivity index (χ3v) is 1.36. The van der Waals surface area contributed by atoms with Crippen LogP contribution in [0, 0.1) is 0 Å². The molecule has 5 heteroatoms. The fraction of sp³-hybridized carbons (Fsp3) is 0.800. The Balaban J connectivity index is 0. The molecule has 0 radical (unpaired) electrons. The van der Waals surface area contributed by atoms with Gasteiger partial charge in [0.25, 0.3) is 0 Å². The lowest BCUT2D eigenvalue weighted by Gasteiger charge is -2.23. The monoisotopic (exact) mass is 219 g/mol. The maximum atomic E-state index is 10.3. The van der Waals surface area contributed by atoms with Crippen LogP contribution in [0.2, 0.25) is 0 Å². The summed E-state index contributed by atoms with van der Waals surface area (Å²) in [6.07, 6.45) is 0.111. The number of quaternary nitrogens is 1. The van der Waals surface area contributed by atoms with Gasteiger partial charge in [-0.15, -0.1) is 0 Å². The smallest absolute Gasteiger partial charge is 0.302 e. The maximum Gasteiger partial charge on any atom is 0.302 e. The molecule has 0 aromatic carbocycles. The van der Waals surface area contributed by atoms with Crippen molar-refractivity contribution in [2.24, 2.45) is 0 Å². The van der Waals surface area contributed by atoms with Crippen LogP contribution in [0.1, 0.15) is 20.3 Å². The van der Waals surface area contributed by atoms with Gasteiger partial charge in [-0.3, -0.25) is 4.79 Å². The number of esters is 1. The average Bonchev–Trinajstić information content (AvgIpc) is 2.02. The molecule has 0 fully saturated rings. The molecule has 0 aromatic rings. The van der Waals surface area contributed by atoms with Gasteiger partial charge in [-0.1, -0.05) is 6.92 Å². The molecule has 0 unspecified atom stereocenters. The molecule has 90 valence electrons. The molecular weight excluding hydrogens is 198 g/mol. The van der Waals surface area contributed by atoms with Crippen LogP contribution < -0.4 is 5.11 Å². The molecule has 0 saturated carbocycles. The Morgan fingerprint density at radius 2 is 1.67 bits per heavy atom. The summed E-state index contributed by atoms with van der Waals surface area (Å²) < 4.78 is 5.59. The van der Waals surface area contributed by atoms with E-state index in [1.807, 2.05) is 0 Å². The highest BCUT2D eigenvalue weighted by Gasteiger charge is 2.06. The molecule has 0 aromatic heterocycles. The highest BCUT2D eigenvalue weighted by molar-refractivity contribution is 5.65. The first-order valence-corrected chi connectivity index (χ1v) is 4.82. The van der Waals surface area contributed by atoms with E-state index in [4.69, 9.17) is 4.74 Å². The zero-order chi connectivity index (χ0) is 12.5. The van der Waals surface area contributed by atoms with Gasteiger partial charge < -0.3 is 19.1 Å². The number of carboxylic acids is 1. The van der Waals surface area contributed by atoms with E-state index >= 15 is 0 Å². The Morgan fingerprint density at radius 1 is 1.27 bits per heavy atom. The van der Waals surface area contributed by atoms with Crippen molar-refractivity contribution in [3.05, 3.63) is 0 Å². The standard InChI is InChI=1S/C7H16NO2.C3H6O2/c1-7(9)10-6-5-8(2,3)4;1-2-3(4)5/h5-6H2,1-4H3;2H2,1H3,(H,4,5)/q+1;/p-1. The molecule has 0 rings (SSSR count). The van der Waals surface area contributed by atoms with E-state index in [2.05, 4.69) is 21.1 Å². The first-order chi connectivity index (χ1) is 6.69. The summed E-state index contributed by atoms with van der Waals surface area (Å²) in [5, 5.41) is 9.26. The van der Waals surface area contributed by atoms with Gasteiger partial charge in [0.15, 0.2) is 0 Å². The Kier molecular flexibility index (Phi) is 8.96. The number of hydrogen-bond acceptors (Lipinski definition) is 4. The molecule has 5 nitrogen and oxygen atoms in total. The Hall–Kier alpha value is -1.10. The van der Waals surface area contributed by atoms with Crippen LogP contribution >= 0.6 is 0 Å². The van der Waals surface area contributed by atoms with E-state index in [0.717, 1.165) is 11.0 Å². The number of likely N-dealkylation sites (N-methyl/N-ethyl adjacent to an activating group) is 1. The Morgan fingerprint density at radius 3 is 1.87 bits per heavy atom. The summed E-state index contributed by atoms with van der Waals surface area (Å²) in [6.45, 7) is 4.34. The average molecular weight is 219 g/mol. The first kappa shape index (κ1) is 16.3. The quantitative estimate of drug-likeness (QED) is 0.468. The van der Waals surface area contributed by atoms with Crippen molar-refractivity contribution in [3.63, 3.8) is 0 Å². The fourth-order valence-corrected chi connectivity index (χ4v) is 0.463. The lowest BCUT2D eigenvalue weighted by Crippen LogP contribution is -2.37. The third-order valence-electron chi connectivity index (χ3n) is 1.36. The normalized spacial score (nSPS) is 9.93. The van der Waals surface area contributed by atoms with Crippen molar-refractivity contribution in [1.29, 1.82) is 0 Å². The summed E-state index contributed by atoms with van der Waals surface area (Å²) in [6, 6.07) is 0. The number of rotatable bonds is 4. The SMILES string of the molecule is CC(=O)OCC[N+](C)(C)C.CCC(=O)[O-]. The van der Waals surface area contributed by atoms with Gasteiger partial charge >= 0.3 is 5.97 Å². The summed E-state index contributed by atoms with van der Waals surface area (Å²) >= 11 is 0. The molecule has 0 spiro atoms. The molecule has 15 heavy (non-hydrogen) atoms. The molecule has 0 atom stereocenters. The second kappa shape index (κ2) is 8.23. The largest absolute Gasteiger partial charge is 0.550 e. The summed E-state index contributed by atoms with van der Waals surface area (Å²) in [5.74, 6) is -1.20. The van der Waals surface area contributed by atoms with E-state index < -0.39 is 5.97 Å². The molecular formula is C10H21NO4. The second-order valence-electron chi connectivity index (χ2n) is 4.08. The predicted octanol–water partition coefficient (Wildman–Crippen LogP) is -0.598. The van der Waals surface area contributed by atoms with Crippen molar-refractivity contribution in [2.45, 2.75) is 20.3 Å². The Labute approximate surface area is 91.2 Å². The van der Waals surface area contributed by atoms with Gasteiger partial charge in [-0.05, 0) is 6.42 Å². The molecule has 0 N–H and O–H groups in total. The van der Waals surface area contributed by atoms with Crippen molar-refractivity contribution in [1.82, 2.24) is 0 Å². The van der Waals surface area contributed by atoms with E-state index in [9.17, 15) is 14.7 Å². The molecule has 0 aliphatic heterocycles. The highest BCUT2D eigenvalue weighted by atomic mass is 16.5. The fourth-order valence-electron chi connectivity index (χ4n) is 0.463. The summed E-state index contributed by atoms with van der Waals surface area (Å²) in [7, 11) is 6.18. The van der Waals surface area contributed by atoms with Crippen molar-refractivity contribution < 1.29 is 23.9 Å². The number of ether oxygens (including phenoxy) is 1. The molecule has 0 aliphatic rings. The van der Waals surface area contributed by atoms with E-state index in [0.29, 0.717) is 6.61 Å². The van der Waals surface area contributed by atoms with Gasteiger partial charge in [0, 0.05) is 12.9 Å². The van der Waals surface area contributed by atoms with E-state index in [1.54, 1.807) is 0 Å². The molecule has 0 bridgehead atoms. The number of carbonyl (C=O) groups excluding carboxylic acids is 2. The lowest BCUT2D eigenvalue weighted by atomic mass is 10.5. The zero-order valence-electron chi connectivity index (χ0n) is 10.2. The first-order valence-electron chi connectivity index (χ1n) is 4.82. The minimum atomic E-state index is -0.995. The van der Waals surface area contributed by atoms with Crippen molar-refractivity contribution in [3.8, 4) is 0 Å². The van der Waals surface area contributed by atoms with Gasteiger partial charge in [0.1, 0.15) is 13.2 Å². The van der Waals surface area contributed by atoms with Gasteiger partial charge in [-0.2, -0.15) is 0 Å². The number of aliphatic carboxylic acids is 1. The number of carbonyl (C=O) groups is 2. The van der Waals surface area contributed by atoms with Crippen LogP contribution in [0.15, 0.2) is 0 Å². The van der Waals surface area contributed by atoms with E-state index in [1.165, 1.54) is 13.8 Å². The lowest BCUT2D eigenvalue weighted by molar-refractivity contribution is -0.870. The van der Waals surface area contributed by atoms with Crippen molar-refractivity contribution in [2.75, 3.05) is 34.3 Å². The van der Waals surface area contributed by atoms with Gasteiger partial charge in [-0.25, -0.2) is 0 Å². The van der Waals surface area contributed by atoms with Crippen LogP contribution in [0.5, 0.6) is 0 Å². The van der Waals surface area contributed by atoms with Crippen LogP contribution in [0.25, 0.3) is 0 Å². The Bertz CT molecular complexity index is 196. The predicted molar refractivity (Wildman–Crippen MR) is 54.8 cm³/mol. The van der Waals surface area contributed by atoms with Crippen molar-refractivity contribution >= 4 is 11.9 Å². The molecule has 0 heterocycles. The summed E-state index contributed by atoms with van der Waals surface area (Å²) in [4.78, 5) is 19.6. The number of nitrogens with zero attached hydrogens (tertiary/aromatic N) is 1. The van der Waals surface area contributed by atoms with Gasteiger partial charge in [0.2, 0.25) is 0 Å². The summed E-state index contributed by atoms with van der Waals surface area (Å²) in [5.41, 5.74) is 0. The van der Waals surface area contributed by atoms with E-state index in [-0.39, 0.29) is 12.4 Å². The molecule has 0 amide bonds. The zero-order valence-corrected chi connectivity index (χ0v) is 10.2. The maximum absolute atomic E-state index is 10.3. The number of carboxylic acid groups (broad SMARTS) is 1. The second-order valence-corrected chi connectivity index (χ2v) is 4.08. The van der Waals surface area contributed by atoms with Crippen LogP contribution in [0.3, 0.4) is 0 Å². The third kappa shape index (κ3) is 24.6. The molecule has 0 aliphatic carbocycles. The molecule has 0 saturated heterocycles. The minimum Gasteiger partial charge on any atom is -0.550 e.